The molecule has 0 saturated heterocycles. The van der Waals surface area contributed by atoms with Crippen molar-refractivity contribution in [3.05, 3.63) is 30.1 Å². The van der Waals surface area contributed by atoms with Gasteiger partial charge in [0.2, 0.25) is 6.41 Å². The second-order valence-electron chi connectivity index (χ2n) is 2.57. The van der Waals surface area contributed by atoms with Crippen LogP contribution in [0, 0.1) is 0 Å². The first-order valence-electron chi connectivity index (χ1n) is 3.75. The molecule has 0 saturated carbocycles. The van der Waals surface area contributed by atoms with E-state index in [2.05, 4.69) is 4.98 Å². The number of hydrogen-bond acceptors (Lipinski definition) is 2. The van der Waals surface area contributed by atoms with Gasteiger partial charge in [0.15, 0.2) is 0 Å². The van der Waals surface area contributed by atoms with Crippen molar-refractivity contribution < 1.29 is 4.79 Å². The lowest BCUT2D eigenvalue weighted by Gasteiger charge is -2.20. The maximum atomic E-state index is 10.6. The van der Waals surface area contributed by atoms with Gasteiger partial charge in [-0.3, -0.25) is 9.78 Å². The molecule has 3 nitrogen and oxygen atoms in total. The molecule has 1 amide bonds. The molecule has 2 rings (SSSR count). The van der Waals surface area contributed by atoms with Crippen LogP contribution in [0.25, 0.3) is 6.08 Å². The van der Waals surface area contributed by atoms with Crippen LogP contribution in [0.5, 0.6) is 0 Å². The minimum absolute atomic E-state index is 0. The van der Waals surface area contributed by atoms with Crippen LogP contribution >= 0.6 is 24.8 Å². The molecule has 0 unspecified atom stereocenters. The summed E-state index contributed by atoms with van der Waals surface area (Å²) in [6, 6.07) is 3.72. The molecule has 0 atom stereocenters. The Morgan fingerprint density at radius 2 is 2.21 bits per heavy atom. The first kappa shape index (κ1) is 12.9. The van der Waals surface area contributed by atoms with Crippen molar-refractivity contribution in [2.24, 2.45) is 0 Å². The van der Waals surface area contributed by atoms with E-state index < -0.39 is 0 Å². The Labute approximate surface area is 94.6 Å². The number of carbonyl (C=O) groups excluding carboxylic acids is 1. The van der Waals surface area contributed by atoms with Gasteiger partial charge in [-0.2, -0.15) is 0 Å². The van der Waals surface area contributed by atoms with E-state index >= 15 is 0 Å². The van der Waals surface area contributed by atoms with Gasteiger partial charge in [-0.25, -0.2) is 0 Å². The minimum Gasteiger partial charge on any atom is -0.309 e. The lowest BCUT2D eigenvalue weighted by molar-refractivity contribution is -0.107. The van der Waals surface area contributed by atoms with E-state index in [1.807, 2.05) is 24.3 Å². The number of fused-ring (bicyclic) bond motifs is 1. The summed E-state index contributed by atoms with van der Waals surface area (Å²) in [4.78, 5) is 16.3. The predicted octanol–water partition coefficient (Wildman–Crippen LogP) is 1.91. The van der Waals surface area contributed by atoms with Gasteiger partial charge in [0.25, 0.3) is 0 Å². The van der Waals surface area contributed by atoms with Crippen LogP contribution in [0.2, 0.25) is 0 Å². The predicted molar refractivity (Wildman–Crippen MR) is 61.2 cm³/mol. The molecule has 14 heavy (non-hydrogen) atoms. The fraction of sp³-hybridized carbons (Fsp3) is 0.111. The molecule has 0 N–H and O–H groups in total. The van der Waals surface area contributed by atoms with E-state index in [9.17, 15) is 4.79 Å². The van der Waals surface area contributed by atoms with Gasteiger partial charge >= 0.3 is 0 Å². The van der Waals surface area contributed by atoms with Gasteiger partial charge < -0.3 is 4.90 Å². The third kappa shape index (κ3) is 2.25. The molecule has 5 heteroatoms. The zero-order valence-electron chi connectivity index (χ0n) is 7.29. The third-order valence-electron chi connectivity index (χ3n) is 1.83. The molecule has 0 radical (unpaired) electrons. The minimum atomic E-state index is 0. The molecule has 2 heterocycles. The van der Waals surface area contributed by atoms with Crippen molar-refractivity contribution in [1.82, 2.24) is 4.98 Å². The second-order valence-corrected chi connectivity index (χ2v) is 2.57. The first-order valence-corrected chi connectivity index (χ1v) is 3.75. The van der Waals surface area contributed by atoms with Crippen molar-refractivity contribution in [3.8, 4) is 0 Å². The Kier molecular flexibility index (Phi) is 5.20. The molecule has 1 aromatic heterocycles. The largest absolute Gasteiger partial charge is 0.309 e. The van der Waals surface area contributed by atoms with E-state index in [0.29, 0.717) is 6.54 Å². The van der Waals surface area contributed by atoms with E-state index in [-0.39, 0.29) is 24.8 Å². The Hall–Kier alpha value is -1.06. The van der Waals surface area contributed by atoms with Crippen LogP contribution in [0.1, 0.15) is 5.69 Å². The number of hydrogen-bond donors (Lipinski definition) is 0. The zero-order valence-corrected chi connectivity index (χ0v) is 8.92. The van der Waals surface area contributed by atoms with Crippen LogP contribution in [-0.2, 0) is 4.79 Å². The third-order valence-corrected chi connectivity index (χ3v) is 1.83. The Morgan fingerprint density at radius 3 is 2.93 bits per heavy atom. The number of pyridine rings is 1. The summed E-state index contributed by atoms with van der Waals surface area (Å²) in [5, 5.41) is 0. The number of aromatic nitrogens is 1. The molecule has 1 aromatic rings. The average Bonchev–Trinajstić information content (AvgIpc) is 2.17. The molecule has 0 bridgehead atoms. The number of halogens is 2. The number of rotatable bonds is 1. The monoisotopic (exact) mass is 232 g/mol. The SMILES string of the molecule is Cl.Cl.O=CN1CC=Cc2ncccc21. The lowest BCUT2D eigenvalue weighted by atomic mass is 10.2. The molecule has 1 aliphatic rings. The summed E-state index contributed by atoms with van der Waals surface area (Å²) in [7, 11) is 0. The van der Waals surface area contributed by atoms with Gasteiger partial charge in [0.1, 0.15) is 0 Å². The molecule has 0 aliphatic carbocycles. The van der Waals surface area contributed by atoms with Crippen molar-refractivity contribution in [2.45, 2.75) is 0 Å². The van der Waals surface area contributed by atoms with E-state index in [4.69, 9.17) is 0 Å². The second kappa shape index (κ2) is 5.62. The van der Waals surface area contributed by atoms with Crippen molar-refractivity contribution in [3.63, 3.8) is 0 Å². The molecule has 0 aromatic carbocycles. The van der Waals surface area contributed by atoms with Gasteiger partial charge in [0.05, 0.1) is 11.4 Å². The lowest BCUT2D eigenvalue weighted by Crippen LogP contribution is -2.24. The zero-order chi connectivity index (χ0) is 8.39. The van der Waals surface area contributed by atoms with E-state index in [1.54, 1.807) is 11.1 Å². The summed E-state index contributed by atoms with van der Waals surface area (Å²) in [5.41, 5.74) is 1.74. The number of amides is 1. The summed E-state index contributed by atoms with van der Waals surface area (Å²) in [5.74, 6) is 0. The summed E-state index contributed by atoms with van der Waals surface area (Å²) >= 11 is 0. The Morgan fingerprint density at radius 1 is 1.43 bits per heavy atom. The summed E-state index contributed by atoms with van der Waals surface area (Å²) in [6.07, 6.45) is 6.39. The van der Waals surface area contributed by atoms with Crippen molar-refractivity contribution in [1.29, 1.82) is 0 Å². The molecule has 0 spiro atoms. The topological polar surface area (TPSA) is 33.2 Å². The highest BCUT2D eigenvalue weighted by atomic mass is 35.5. The Bertz CT molecular complexity index is 341. The van der Waals surface area contributed by atoms with Crippen LogP contribution in [0.4, 0.5) is 5.69 Å². The molecule has 1 aliphatic heterocycles. The summed E-state index contributed by atoms with van der Waals surface area (Å²) < 4.78 is 0. The van der Waals surface area contributed by atoms with Gasteiger partial charge in [-0.05, 0) is 18.2 Å². The normalized spacial score (nSPS) is 12.1. The van der Waals surface area contributed by atoms with Gasteiger partial charge in [-0.15, -0.1) is 24.8 Å². The van der Waals surface area contributed by atoms with Gasteiger partial charge in [0, 0.05) is 12.7 Å². The highest BCUT2D eigenvalue weighted by Gasteiger charge is 2.11. The highest BCUT2D eigenvalue weighted by Crippen LogP contribution is 2.21. The fourth-order valence-corrected chi connectivity index (χ4v) is 1.26. The van der Waals surface area contributed by atoms with Crippen LogP contribution < -0.4 is 4.90 Å². The fourth-order valence-electron chi connectivity index (χ4n) is 1.26. The van der Waals surface area contributed by atoms with Crippen LogP contribution in [-0.4, -0.2) is 17.9 Å². The summed E-state index contributed by atoms with van der Waals surface area (Å²) in [6.45, 7) is 0.641. The quantitative estimate of drug-likeness (QED) is 0.694. The van der Waals surface area contributed by atoms with Crippen molar-refractivity contribution in [2.75, 3.05) is 11.4 Å². The standard InChI is InChI=1S/C9H8N2O.2ClH/c12-7-11-6-2-3-8-9(11)4-1-5-10-8;;/h1-5,7H,6H2;2*1H. The number of carbonyl (C=O) groups is 1. The number of nitrogens with zero attached hydrogens (tertiary/aromatic N) is 2. The number of anilines is 1. The smallest absolute Gasteiger partial charge is 0.214 e. The maximum Gasteiger partial charge on any atom is 0.214 e. The van der Waals surface area contributed by atoms with Crippen molar-refractivity contribution >= 4 is 43.0 Å². The average molecular weight is 233 g/mol. The van der Waals surface area contributed by atoms with Crippen LogP contribution in [0.3, 0.4) is 0 Å². The molecule has 0 fully saturated rings. The van der Waals surface area contributed by atoms with E-state index in [1.165, 1.54) is 0 Å². The molecule has 76 valence electrons. The first-order chi connectivity index (χ1) is 5.92. The molecular formula is C9H10Cl2N2O. The maximum absolute atomic E-state index is 10.6. The Balaban J connectivity index is 0.000000845. The highest BCUT2D eigenvalue weighted by molar-refractivity contribution is 5.85. The van der Waals surface area contributed by atoms with E-state index in [0.717, 1.165) is 17.8 Å². The van der Waals surface area contributed by atoms with Crippen LogP contribution in [0.15, 0.2) is 24.4 Å². The molecular weight excluding hydrogens is 223 g/mol. The van der Waals surface area contributed by atoms with Gasteiger partial charge in [-0.1, -0.05) is 6.08 Å².